The lowest BCUT2D eigenvalue weighted by atomic mass is 10.1. The first-order valence-corrected chi connectivity index (χ1v) is 9.54. The van der Waals surface area contributed by atoms with Crippen LogP contribution in [-0.4, -0.2) is 60.4 Å². The van der Waals surface area contributed by atoms with E-state index in [1.54, 1.807) is 18.2 Å². The van der Waals surface area contributed by atoms with E-state index in [4.69, 9.17) is 16.3 Å². The predicted octanol–water partition coefficient (Wildman–Crippen LogP) is 1.38. The molecule has 0 aliphatic carbocycles. The highest BCUT2D eigenvalue weighted by atomic mass is 16.5. The van der Waals surface area contributed by atoms with E-state index >= 15 is 0 Å². The number of ether oxygens (including phenoxy) is 1. The van der Waals surface area contributed by atoms with Gasteiger partial charge in [-0.25, -0.2) is 0 Å². The SMILES string of the molecule is [C-]#[N+]c1cccc(-c2c(N[C@@H]3CCCNC3)nc(N3CCOCC3)[nH]c2=O)n1. The van der Waals surface area contributed by atoms with Crippen molar-refractivity contribution in [2.24, 2.45) is 0 Å². The first kappa shape index (κ1) is 18.4. The maximum Gasteiger partial charge on any atom is 0.270 e. The highest BCUT2D eigenvalue weighted by Crippen LogP contribution is 2.26. The summed E-state index contributed by atoms with van der Waals surface area (Å²) >= 11 is 0. The normalized spacial score (nSPS) is 19.8. The van der Waals surface area contributed by atoms with Crippen LogP contribution in [0, 0.1) is 6.57 Å². The summed E-state index contributed by atoms with van der Waals surface area (Å²) < 4.78 is 5.40. The Morgan fingerprint density at radius 2 is 2.14 bits per heavy atom. The van der Waals surface area contributed by atoms with Gasteiger partial charge in [0, 0.05) is 25.7 Å². The topological polar surface area (TPSA) is 99.5 Å². The van der Waals surface area contributed by atoms with Crippen molar-refractivity contribution in [2.45, 2.75) is 18.9 Å². The number of aromatic amines is 1. The van der Waals surface area contributed by atoms with Gasteiger partial charge in [0.25, 0.3) is 11.4 Å². The Balaban J connectivity index is 1.76. The molecule has 1 atom stereocenters. The third-order valence-electron chi connectivity index (χ3n) is 4.96. The molecule has 0 radical (unpaired) electrons. The number of piperidine rings is 1. The molecule has 2 aromatic heterocycles. The van der Waals surface area contributed by atoms with Gasteiger partial charge in [0.2, 0.25) is 5.95 Å². The molecule has 0 unspecified atom stereocenters. The van der Waals surface area contributed by atoms with Gasteiger partial charge in [0.1, 0.15) is 11.4 Å². The van der Waals surface area contributed by atoms with Crippen molar-refractivity contribution in [3.8, 4) is 11.3 Å². The first-order valence-electron chi connectivity index (χ1n) is 9.54. The zero-order chi connectivity index (χ0) is 19.3. The van der Waals surface area contributed by atoms with Crippen LogP contribution >= 0.6 is 0 Å². The summed E-state index contributed by atoms with van der Waals surface area (Å²) in [5.74, 6) is 1.29. The number of pyridine rings is 1. The number of hydrogen-bond acceptors (Lipinski definition) is 7. The van der Waals surface area contributed by atoms with Crippen LogP contribution < -0.4 is 21.1 Å². The lowest BCUT2D eigenvalue weighted by Gasteiger charge is -2.29. The van der Waals surface area contributed by atoms with Crippen molar-refractivity contribution in [3.63, 3.8) is 0 Å². The minimum absolute atomic E-state index is 0.184. The molecule has 0 spiro atoms. The fraction of sp³-hybridized carbons (Fsp3) is 0.474. The van der Waals surface area contributed by atoms with E-state index < -0.39 is 0 Å². The quantitative estimate of drug-likeness (QED) is 0.688. The molecule has 9 nitrogen and oxygen atoms in total. The molecule has 28 heavy (non-hydrogen) atoms. The van der Waals surface area contributed by atoms with Crippen LogP contribution in [0.1, 0.15) is 12.8 Å². The number of anilines is 2. The van der Waals surface area contributed by atoms with Gasteiger partial charge in [-0.05, 0) is 31.5 Å². The van der Waals surface area contributed by atoms with Crippen molar-refractivity contribution >= 4 is 17.6 Å². The molecule has 0 bridgehead atoms. The first-order chi connectivity index (χ1) is 13.7. The Morgan fingerprint density at radius 3 is 2.89 bits per heavy atom. The predicted molar refractivity (Wildman–Crippen MR) is 107 cm³/mol. The fourth-order valence-electron chi connectivity index (χ4n) is 3.52. The lowest BCUT2D eigenvalue weighted by Crippen LogP contribution is -2.40. The van der Waals surface area contributed by atoms with Crippen LogP contribution in [0.25, 0.3) is 16.1 Å². The maximum atomic E-state index is 13.0. The molecule has 0 amide bonds. The molecule has 4 rings (SSSR count). The zero-order valence-electron chi connectivity index (χ0n) is 15.6. The third kappa shape index (κ3) is 3.98. The van der Waals surface area contributed by atoms with E-state index in [1.165, 1.54) is 0 Å². The minimum Gasteiger partial charge on any atom is -0.378 e. The van der Waals surface area contributed by atoms with Gasteiger partial charge in [-0.15, -0.1) is 4.98 Å². The van der Waals surface area contributed by atoms with Gasteiger partial charge in [-0.3, -0.25) is 9.78 Å². The molecule has 146 valence electrons. The molecule has 2 aromatic rings. The van der Waals surface area contributed by atoms with Crippen LogP contribution in [0.15, 0.2) is 23.0 Å². The summed E-state index contributed by atoms with van der Waals surface area (Å²) in [5, 5.41) is 6.80. The van der Waals surface area contributed by atoms with Crippen LogP contribution in [0.3, 0.4) is 0 Å². The molecule has 4 heterocycles. The second kappa shape index (κ2) is 8.37. The third-order valence-corrected chi connectivity index (χ3v) is 4.96. The zero-order valence-corrected chi connectivity index (χ0v) is 15.6. The summed E-state index contributed by atoms with van der Waals surface area (Å²) in [6, 6.07) is 5.28. The second-order valence-corrected chi connectivity index (χ2v) is 6.89. The van der Waals surface area contributed by atoms with E-state index in [1.807, 2.05) is 4.90 Å². The Hall–Kier alpha value is -2.96. The number of H-pyrrole nitrogens is 1. The van der Waals surface area contributed by atoms with Crippen LogP contribution in [0.5, 0.6) is 0 Å². The van der Waals surface area contributed by atoms with Gasteiger partial charge in [0.15, 0.2) is 5.69 Å². The number of rotatable bonds is 4. The standard InChI is InChI=1S/C19H23N7O2/c1-20-15-6-2-5-14(23-15)16-17(22-13-4-3-7-21-12-13)24-19(25-18(16)27)26-8-10-28-11-9-26/h2,5-6,13,21H,3-4,7-12H2,(H2,22,24,25,27)/t13-/m1/s1. The highest BCUT2D eigenvalue weighted by Gasteiger charge is 2.23. The molecule has 2 saturated heterocycles. The Labute approximate surface area is 163 Å². The second-order valence-electron chi connectivity index (χ2n) is 6.89. The average molecular weight is 381 g/mol. The molecule has 9 heteroatoms. The van der Waals surface area contributed by atoms with Crippen LogP contribution in [-0.2, 0) is 4.74 Å². The number of aromatic nitrogens is 3. The average Bonchev–Trinajstić information content (AvgIpc) is 2.75. The summed E-state index contributed by atoms with van der Waals surface area (Å²) in [6.07, 6.45) is 2.07. The molecule has 0 saturated carbocycles. The molecule has 2 aliphatic rings. The van der Waals surface area contributed by atoms with Crippen LogP contribution in [0.4, 0.5) is 17.6 Å². The molecule has 0 aromatic carbocycles. The van der Waals surface area contributed by atoms with Gasteiger partial charge in [-0.1, -0.05) is 12.6 Å². The maximum absolute atomic E-state index is 13.0. The molecule has 2 aliphatic heterocycles. The van der Waals surface area contributed by atoms with E-state index in [9.17, 15) is 4.79 Å². The number of morpholine rings is 1. The fourth-order valence-corrected chi connectivity index (χ4v) is 3.52. The van der Waals surface area contributed by atoms with E-state index in [-0.39, 0.29) is 17.4 Å². The van der Waals surface area contributed by atoms with Gasteiger partial charge in [0.05, 0.1) is 13.2 Å². The summed E-state index contributed by atoms with van der Waals surface area (Å²) in [4.78, 5) is 30.4. The van der Waals surface area contributed by atoms with E-state index in [2.05, 4.69) is 25.4 Å². The largest absolute Gasteiger partial charge is 0.378 e. The lowest BCUT2D eigenvalue weighted by molar-refractivity contribution is 0.122. The smallest absolute Gasteiger partial charge is 0.270 e. The van der Waals surface area contributed by atoms with Gasteiger partial charge >= 0.3 is 0 Å². The molecule has 3 N–H and O–H groups in total. The summed E-state index contributed by atoms with van der Waals surface area (Å²) in [7, 11) is 0. The Bertz CT molecular complexity index is 925. The van der Waals surface area contributed by atoms with Crippen LogP contribution in [0.2, 0.25) is 0 Å². The minimum atomic E-state index is -0.266. The van der Waals surface area contributed by atoms with Gasteiger partial charge in [-0.2, -0.15) is 4.98 Å². The van der Waals surface area contributed by atoms with Gasteiger partial charge < -0.3 is 25.1 Å². The Morgan fingerprint density at radius 1 is 1.29 bits per heavy atom. The van der Waals surface area contributed by atoms with E-state index in [0.29, 0.717) is 49.3 Å². The molecular formula is C19H23N7O2. The summed E-state index contributed by atoms with van der Waals surface area (Å²) in [6.45, 7) is 11.6. The van der Waals surface area contributed by atoms with Crippen molar-refractivity contribution in [1.29, 1.82) is 0 Å². The highest BCUT2D eigenvalue weighted by molar-refractivity contribution is 5.74. The van der Waals surface area contributed by atoms with Crippen molar-refractivity contribution < 1.29 is 4.74 Å². The van der Waals surface area contributed by atoms with E-state index in [0.717, 1.165) is 25.9 Å². The molecule has 2 fully saturated rings. The number of nitrogens with one attached hydrogen (secondary N) is 3. The number of nitrogens with zero attached hydrogens (tertiary/aromatic N) is 4. The van der Waals surface area contributed by atoms with Crippen molar-refractivity contribution in [1.82, 2.24) is 20.3 Å². The number of hydrogen-bond donors (Lipinski definition) is 3. The van der Waals surface area contributed by atoms with Crippen molar-refractivity contribution in [3.05, 3.63) is 40.0 Å². The monoisotopic (exact) mass is 381 g/mol. The van der Waals surface area contributed by atoms with Crippen molar-refractivity contribution in [2.75, 3.05) is 49.6 Å². The Kier molecular flexibility index (Phi) is 5.50. The summed E-state index contributed by atoms with van der Waals surface area (Å²) in [5.41, 5.74) is 0.549. The molecular weight excluding hydrogens is 358 g/mol.